The Balaban J connectivity index is 2.25. The number of carbonyl (C=O) groups excluding carboxylic acids is 1. The third-order valence-electron chi connectivity index (χ3n) is 2.77. The van der Waals surface area contributed by atoms with Crippen LogP contribution in [0, 0.1) is 5.92 Å². The summed E-state index contributed by atoms with van der Waals surface area (Å²) in [6, 6.07) is 10.3. The molecule has 0 saturated carbocycles. The first-order chi connectivity index (χ1) is 6.77. The van der Waals surface area contributed by atoms with E-state index in [1.165, 1.54) is 11.1 Å². The summed E-state index contributed by atoms with van der Waals surface area (Å²) in [6.45, 7) is 2.01. The monoisotopic (exact) mass is 186 g/mol. The van der Waals surface area contributed by atoms with Gasteiger partial charge >= 0.3 is 0 Å². The minimum Gasteiger partial charge on any atom is -0.299 e. The summed E-state index contributed by atoms with van der Waals surface area (Å²) in [5.41, 5.74) is 2.57. The molecule has 0 aliphatic heterocycles. The summed E-state index contributed by atoms with van der Waals surface area (Å²) in [5.74, 6) is 0.555. The molecule has 0 bridgehead atoms. The molecule has 0 fully saturated rings. The van der Waals surface area contributed by atoms with Gasteiger partial charge in [-0.25, -0.2) is 0 Å². The summed E-state index contributed by atoms with van der Waals surface area (Å²) in [4.78, 5) is 11.3. The maximum atomic E-state index is 11.3. The molecule has 2 rings (SSSR count). The van der Waals surface area contributed by atoms with Gasteiger partial charge in [-0.15, -0.1) is 0 Å². The minimum atomic E-state index is 0.190. The van der Waals surface area contributed by atoms with Crippen LogP contribution < -0.4 is 0 Å². The number of hydrogen-bond acceptors (Lipinski definition) is 1. The lowest BCUT2D eigenvalue weighted by Gasteiger charge is -2.18. The van der Waals surface area contributed by atoms with Crippen molar-refractivity contribution in [2.75, 3.05) is 0 Å². The fourth-order valence-electron chi connectivity index (χ4n) is 1.84. The summed E-state index contributed by atoms with van der Waals surface area (Å²) in [7, 11) is 0. The van der Waals surface area contributed by atoms with Crippen LogP contribution in [0.1, 0.15) is 25.3 Å². The Morgan fingerprint density at radius 3 is 2.57 bits per heavy atom. The lowest BCUT2D eigenvalue weighted by atomic mass is 9.86. The van der Waals surface area contributed by atoms with Gasteiger partial charge in [0.1, 0.15) is 5.78 Å². The van der Waals surface area contributed by atoms with Gasteiger partial charge in [-0.05, 0) is 17.6 Å². The van der Waals surface area contributed by atoms with Crippen molar-refractivity contribution in [3.63, 3.8) is 0 Å². The van der Waals surface area contributed by atoms with Crippen molar-refractivity contribution in [3.8, 4) is 0 Å². The van der Waals surface area contributed by atoms with Crippen LogP contribution >= 0.6 is 0 Å². The Bertz CT molecular complexity index is 362. The lowest BCUT2D eigenvalue weighted by Crippen LogP contribution is -2.14. The van der Waals surface area contributed by atoms with Gasteiger partial charge in [-0.3, -0.25) is 4.79 Å². The molecule has 1 atom stereocenters. The Labute approximate surface area is 84.5 Å². The van der Waals surface area contributed by atoms with E-state index < -0.39 is 0 Å². The van der Waals surface area contributed by atoms with E-state index >= 15 is 0 Å². The smallest absolute Gasteiger partial charge is 0.139 e. The van der Waals surface area contributed by atoms with Crippen LogP contribution in [-0.4, -0.2) is 5.78 Å². The molecule has 0 heterocycles. The molecule has 0 saturated heterocycles. The molecule has 1 unspecified atom stereocenters. The fraction of sp³-hybridized carbons (Fsp3) is 0.308. The van der Waals surface area contributed by atoms with Crippen LogP contribution in [0.15, 0.2) is 36.4 Å². The molecule has 72 valence electrons. The largest absolute Gasteiger partial charge is 0.299 e. The normalized spacial score (nSPS) is 21.9. The standard InChI is InChI=1S/C13H14O/c1-10-9-12(7-8-13(10)14)11-5-3-2-4-6-11/h2-7,10H,8-9H2,1H3. The van der Waals surface area contributed by atoms with Crippen molar-refractivity contribution in [1.29, 1.82) is 0 Å². The first-order valence-corrected chi connectivity index (χ1v) is 5.04. The van der Waals surface area contributed by atoms with Crippen LogP contribution in [0.2, 0.25) is 0 Å². The van der Waals surface area contributed by atoms with E-state index in [2.05, 4.69) is 18.2 Å². The fourth-order valence-corrected chi connectivity index (χ4v) is 1.84. The molecule has 14 heavy (non-hydrogen) atoms. The Hall–Kier alpha value is -1.37. The summed E-state index contributed by atoms with van der Waals surface area (Å²) >= 11 is 0. The maximum Gasteiger partial charge on any atom is 0.139 e. The van der Waals surface area contributed by atoms with Crippen molar-refractivity contribution in [1.82, 2.24) is 0 Å². The van der Waals surface area contributed by atoms with Gasteiger partial charge in [0.25, 0.3) is 0 Å². The van der Waals surface area contributed by atoms with Crippen LogP contribution in [0.3, 0.4) is 0 Å². The molecule has 0 N–H and O–H groups in total. The van der Waals surface area contributed by atoms with Crippen LogP contribution in [0.25, 0.3) is 5.57 Å². The van der Waals surface area contributed by atoms with Gasteiger partial charge in [-0.2, -0.15) is 0 Å². The topological polar surface area (TPSA) is 17.1 Å². The van der Waals surface area contributed by atoms with E-state index in [1.807, 2.05) is 25.1 Å². The summed E-state index contributed by atoms with van der Waals surface area (Å²) in [6.07, 6.45) is 3.56. The predicted molar refractivity (Wildman–Crippen MR) is 57.8 cm³/mol. The SMILES string of the molecule is CC1CC(c2ccccc2)=CCC1=O. The van der Waals surface area contributed by atoms with Gasteiger partial charge in [0.2, 0.25) is 0 Å². The highest BCUT2D eigenvalue weighted by atomic mass is 16.1. The molecule has 1 nitrogen and oxygen atoms in total. The van der Waals surface area contributed by atoms with Crippen LogP contribution in [0.4, 0.5) is 0 Å². The van der Waals surface area contributed by atoms with Gasteiger partial charge < -0.3 is 0 Å². The Morgan fingerprint density at radius 1 is 1.21 bits per heavy atom. The van der Waals surface area contributed by atoms with Crippen LogP contribution in [0.5, 0.6) is 0 Å². The van der Waals surface area contributed by atoms with Crippen molar-refractivity contribution < 1.29 is 4.79 Å². The zero-order chi connectivity index (χ0) is 9.97. The number of Topliss-reactive ketones (excluding diaryl/α,β-unsaturated/α-hetero) is 1. The summed E-state index contributed by atoms with van der Waals surface area (Å²) in [5, 5.41) is 0. The van der Waals surface area contributed by atoms with E-state index in [1.54, 1.807) is 0 Å². The second-order valence-corrected chi connectivity index (χ2v) is 3.87. The molecule has 1 aliphatic carbocycles. The molecule has 1 aliphatic rings. The first kappa shape index (κ1) is 9.20. The first-order valence-electron chi connectivity index (χ1n) is 5.04. The second-order valence-electron chi connectivity index (χ2n) is 3.87. The zero-order valence-electron chi connectivity index (χ0n) is 8.36. The van der Waals surface area contributed by atoms with E-state index in [-0.39, 0.29) is 5.92 Å². The number of rotatable bonds is 1. The van der Waals surface area contributed by atoms with Gasteiger partial charge in [-0.1, -0.05) is 43.3 Å². The van der Waals surface area contributed by atoms with Crippen LogP contribution in [-0.2, 0) is 4.79 Å². The molecule has 1 aromatic rings. The van der Waals surface area contributed by atoms with E-state index in [4.69, 9.17) is 0 Å². The molecule has 0 amide bonds. The Kier molecular flexibility index (Phi) is 2.49. The zero-order valence-corrected chi connectivity index (χ0v) is 8.36. The minimum absolute atomic E-state index is 0.190. The van der Waals surface area contributed by atoms with Crippen molar-refractivity contribution in [3.05, 3.63) is 42.0 Å². The molecule has 0 aromatic heterocycles. The molecule has 0 radical (unpaired) electrons. The van der Waals surface area contributed by atoms with Gasteiger partial charge in [0.15, 0.2) is 0 Å². The molecular formula is C13H14O. The number of benzene rings is 1. The lowest BCUT2D eigenvalue weighted by molar-refractivity contribution is -0.121. The highest BCUT2D eigenvalue weighted by Gasteiger charge is 2.19. The second kappa shape index (κ2) is 3.79. The molecule has 0 spiro atoms. The average Bonchev–Trinajstić information content (AvgIpc) is 2.23. The van der Waals surface area contributed by atoms with E-state index in [0.717, 1.165) is 6.42 Å². The average molecular weight is 186 g/mol. The van der Waals surface area contributed by atoms with E-state index in [9.17, 15) is 4.79 Å². The third kappa shape index (κ3) is 1.77. The highest BCUT2D eigenvalue weighted by molar-refractivity contribution is 5.88. The quantitative estimate of drug-likeness (QED) is 0.658. The number of hydrogen-bond donors (Lipinski definition) is 0. The Morgan fingerprint density at radius 2 is 1.93 bits per heavy atom. The third-order valence-corrected chi connectivity index (χ3v) is 2.77. The number of carbonyl (C=O) groups is 1. The van der Waals surface area contributed by atoms with Gasteiger partial charge in [0.05, 0.1) is 0 Å². The number of allylic oxidation sites excluding steroid dienone is 2. The number of ketones is 1. The highest BCUT2D eigenvalue weighted by Crippen LogP contribution is 2.28. The molecular weight excluding hydrogens is 172 g/mol. The summed E-state index contributed by atoms with van der Waals surface area (Å²) < 4.78 is 0. The van der Waals surface area contributed by atoms with Gasteiger partial charge in [0, 0.05) is 12.3 Å². The van der Waals surface area contributed by atoms with E-state index in [0.29, 0.717) is 12.2 Å². The molecule has 1 heteroatoms. The van der Waals surface area contributed by atoms with Crippen molar-refractivity contribution in [2.45, 2.75) is 19.8 Å². The van der Waals surface area contributed by atoms with Crippen molar-refractivity contribution >= 4 is 11.4 Å². The maximum absolute atomic E-state index is 11.3. The predicted octanol–water partition coefficient (Wildman–Crippen LogP) is 3.07. The van der Waals surface area contributed by atoms with Crippen molar-refractivity contribution in [2.24, 2.45) is 5.92 Å². The molecule has 1 aromatic carbocycles.